The third-order valence-corrected chi connectivity index (χ3v) is 4.54. The molecule has 118 valence electrons. The Morgan fingerprint density at radius 1 is 1.30 bits per heavy atom. The molecule has 0 spiro atoms. The first-order valence-corrected chi connectivity index (χ1v) is 7.97. The average Bonchev–Trinajstić information content (AvgIpc) is 2.94. The monoisotopic (exact) mass is 328 g/mol. The van der Waals surface area contributed by atoms with Crippen molar-refractivity contribution in [2.75, 3.05) is 0 Å². The molecular weight excluding hydrogens is 312 g/mol. The van der Waals surface area contributed by atoms with Crippen molar-refractivity contribution in [3.63, 3.8) is 0 Å². The van der Waals surface area contributed by atoms with Crippen LogP contribution < -0.4 is 10.7 Å². The van der Waals surface area contributed by atoms with Crippen LogP contribution in [0, 0.1) is 13.8 Å². The predicted octanol–water partition coefficient (Wildman–Crippen LogP) is 1.79. The molecule has 0 saturated carbocycles. The van der Waals surface area contributed by atoms with Gasteiger partial charge in [-0.05, 0) is 37.5 Å². The molecule has 0 saturated heterocycles. The number of hydrogen-bond acceptors (Lipinski definition) is 5. The number of aryl methyl sites for hydroxylation is 2. The van der Waals surface area contributed by atoms with Crippen LogP contribution in [0.4, 0.5) is 0 Å². The van der Waals surface area contributed by atoms with E-state index in [0.717, 1.165) is 21.8 Å². The van der Waals surface area contributed by atoms with Gasteiger partial charge in [0.2, 0.25) is 5.91 Å². The van der Waals surface area contributed by atoms with Gasteiger partial charge in [-0.15, -0.1) is 5.10 Å². The largest absolute Gasteiger partial charge is 0.350 e. The summed E-state index contributed by atoms with van der Waals surface area (Å²) in [5.41, 5.74) is 2.34. The summed E-state index contributed by atoms with van der Waals surface area (Å²) in [6, 6.07) is 8.88. The molecule has 7 heteroatoms. The van der Waals surface area contributed by atoms with Crippen LogP contribution in [0.15, 0.2) is 35.1 Å². The van der Waals surface area contributed by atoms with Gasteiger partial charge in [0.05, 0.1) is 22.6 Å². The highest BCUT2D eigenvalue weighted by atomic mass is 32.1. The Balaban J connectivity index is 1.82. The highest BCUT2D eigenvalue weighted by Gasteiger charge is 2.11. The van der Waals surface area contributed by atoms with E-state index in [4.69, 9.17) is 0 Å². The van der Waals surface area contributed by atoms with Gasteiger partial charge in [0.25, 0.3) is 0 Å². The summed E-state index contributed by atoms with van der Waals surface area (Å²) in [5, 5.41) is 7.41. The molecule has 0 aliphatic rings. The lowest BCUT2D eigenvalue weighted by molar-refractivity contribution is -0.121. The van der Waals surface area contributed by atoms with Crippen LogP contribution in [0.3, 0.4) is 0 Å². The molecule has 1 N–H and O–H groups in total. The van der Waals surface area contributed by atoms with Gasteiger partial charge in [-0.25, -0.2) is 0 Å². The van der Waals surface area contributed by atoms with E-state index in [1.54, 1.807) is 12.1 Å². The number of nitrogens with zero attached hydrogens (tertiary/aromatic N) is 3. The molecular formula is C16H16N4O2S. The number of hydrogen-bond donors (Lipinski definition) is 1. The summed E-state index contributed by atoms with van der Waals surface area (Å²) in [4.78, 5) is 25.2. The van der Waals surface area contributed by atoms with Crippen LogP contribution >= 0.6 is 11.5 Å². The van der Waals surface area contributed by atoms with Crippen LogP contribution in [0.2, 0.25) is 0 Å². The molecule has 0 aliphatic carbocycles. The molecule has 1 amide bonds. The zero-order chi connectivity index (χ0) is 16.4. The Hall–Kier alpha value is -2.54. The van der Waals surface area contributed by atoms with Crippen LogP contribution in [-0.4, -0.2) is 20.1 Å². The molecule has 2 heterocycles. The van der Waals surface area contributed by atoms with E-state index in [1.807, 2.05) is 36.6 Å². The van der Waals surface area contributed by atoms with Gasteiger partial charge >= 0.3 is 0 Å². The Labute approximate surface area is 136 Å². The van der Waals surface area contributed by atoms with Crippen LogP contribution in [0.5, 0.6) is 0 Å². The van der Waals surface area contributed by atoms with Gasteiger partial charge in [-0.3, -0.25) is 9.59 Å². The first-order valence-electron chi connectivity index (χ1n) is 7.20. The van der Waals surface area contributed by atoms with E-state index >= 15 is 0 Å². The quantitative estimate of drug-likeness (QED) is 0.792. The summed E-state index contributed by atoms with van der Waals surface area (Å²) in [6.07, 6.45) is 0. The molecule has 0 bridgehead atoms. The Kier molecular flexibility index (Phi) is 4.20. The normalized spacial score (nSPS) is 10.9. The van der Waals surface area contributed by atoms with Crippen LogP contribution in [0.1, 0.15) is 16.3 Å². The first-order chi connectivity index (χ1) is 11.1. The van der Waals surface area contributed by atoms with Gasteiger partial charge in [-0.2, -0.15) is 0 Å². The Morgan fingerprint density at radius 2 is 2.09 bits per heavy atom. The Morgan fingerprint density at radius 3 is 2.83 bits per heavy atom. The molecule has 23 heavy (non-hydrogen) atoms. The highest BCUT2D eigenvalue weighted by Crippen LogP contribution is 2.13. The van der Waals surface area contributed by atoms with Gasteiger partial charge in [0.15, 0.2) is 5.43 Å². The zero-order valence-corrected chi connectivity index (χ0v) is 13.7. The van der Waals surface area contributed by atoms with Crippen molar-refractivity contribution in [1.82, 2.24) is 19.5 Å². The van der Waals surface area contributed by atoms with Crippen molar-refractivity contribution in [1.29, 1.82) is 0 Å². The molecule has 2 aromatic heterocycles. The number of amides is 1. The minimum atomic E-state index is -0.116. The second-order valence-corrected chi connectivity index (χ2v) is 6.15. The highest BCUT2D eigenvalue weighted by molar-refractivity contribution is 7.05. The molecule has 0 aliphatic heterocycles. The number of para-hydroxylation sites is 1. The van der Waals surface area contributed by atoms with Crippen molar-refractivity contribution in [3.05, 3.63) is 56.8 Å². The maximum atomic E-state index is 12.3. The minimum Gasteiger partial charge on any atom is -0.350 e. The lowest BCUT2D eigenvalue weighted by Gasteiger charge is -2.14. The standard InChI is InChI=1S/C16H16N4O2S/c1-10-7-14(21)12-5-3-4-6-13(12)20(10)9-16(22)17-8-15-11(2)18-19-23-15/h3-7H,8-9H2,1-2H3,(H,17,22). The van der Waals surface area contributed by atoms with E-state index in [-0.39, 0.29) is 17.9 Å². The summed E-state index contributed by atoms with van der Waals surface area (Å²) in [5.74, 6) is -0.116. The van der Waals surface area contributed by atoms with Crippen molar-refractivity contribution < 1.29 is 4.79 Å². The number of carbonyl (C=O) groups excluding carboxylic acids is 1. The zero-order valence-electron chi connectivity index (χ0n) is 12.9. The average molecular weight is 328 g/mol. The lowest BCUT2D eigenvalue weighted by Crippen LogP contribution is -2.28. The molecule has 3 aromatic rings. The van der Waals surface area contributed by atoms with E-state index < -0.39 is 0 Å². The van der Waals surface area contributed by atoms with Crippen molar-refractivity contribution in [3.8, 4) is 0 Å². The topological polar surface area (TPSA) is 76.9 Å². The fourth-order valence-corrected chi connectivity index (χ4v) is 3.03. The third-order valence-electron chi connectivity index (χ3n) is 3.72. The van der Waals surface area contributed by atoms with Crippen molar-refractivity contribution in [2.45, 2.75) is 26.9 Å². The summed E-state index contributed by atoms with van der Waals surface area (Å²) in [6.45, 7) is 4.28. The van der Waals surface area contributed by atoms with Crippen molar-refractivity contribution in [2.24, 2.45) is 0 Å². The molecule has 0 fully saturated rings. The van der Waals surface area contributed by atoms with E-state index in [0.29, 0.717) is 11.9 Å². The lowest BCUT2D eigenvalue weighted by atomic mass is 10.2. The van der Waals surface area contributed by atoms with Gasteiger partial charge in [0.1, 0.15) is 6.54 Å². The fourth-order valence-electron chi connectivity index (χ4n) is 2.45. The summed E-state index contributed by atoms with van der Waals surface area (Å²) in [7, 11) is 0. The predicted molar refractivity (Wildman–Crippen MR) is 89.4 cm³/mol. The van der Waals surface area contributed by atoms with Crippen molar-refractivity contribution >= 4 is 28.3 Å². The number of carbonyl (C=O) groups is 1. The number of benzene rings is 1. The smallest absolute Gasteiger partial charge is 0.240 e. The first kappa shape index (κ1) is 15.4. The van der Waals surface area contributed by atoms with Crippen LogP contribution in [-0.2, 0) is 17.9 Å². The molecule has 1 aromatic carbocycles. The second-order valence-electron chi connectivity index (χ2n) is 5.31. The summed E-state index contributed by atoms with van der Waals surface area (Å²) >= 11 is 1.28. The van der Waals surface area contributed by atoms with Crippen LogP contribution in [0.25, 0.3) is 10.9 Å². The number of fused-ring (bicyclic) bond motifs is 1. The molecule has 6 nitrogen and oxygen atoms in total. The maximum absolute atomic E-state index is 12.3. The van der Waals surface area contributed by atoms with E-state index in [9.17, 15) is 9.59 Å². The number of pyridine rings is 1. The van der Waals surface area contributed by atoms with Gasteiger partial charge in [-0.1, -0.05) is 16.6 Å². The van der Waals surface area contributed by atoms with Gasteiger partial charge in [0, 0.05) is 17.1 Å². The molecule has 0 radical (unpaired) electrons. The maximum Gasteiger partial charge on any atom is 0.240 e. The number of aromatic nitrogens is 3. The molecule has 0 unspecified atom stereocenters. The van der Waals surface area contributed by atoms with Gasteiger partial charge < -0.3 is 9.88 Å². The number of rotatable bonds is 4. The summed E-state index contributed by atoms with van der Waals surface area (Å²) < 4.78 is 5.70. The SMILES string of the molecule is Cc1nnsc1CNC(=O)Cn1c(C)cc(=O)c2ccccc21. The molecule has 3 rings (SSSR count). The van der Waals surface area contributed by atoms with E-state index in [2.05, 4.69) is 14.9 Å². The Bertz CT molecular complexity index is 929. The third kappa shape index (κ3) is 3.14. The molecule has 0 atom stereocenters. The fraction of sp³-hybridized carbons (Fsp3) is 0.250. The van der Waals surface area contributed by atoms with E-state index in [1.165, 1.54) is 11.5 Å². The number of nitrogens with one attached hydrogen (secondary N) is 1. The second kappa shape index (κ2) is 6.29. The minimum absolute atomic E-state index is 0.0267.